The molecule has 0 heterocycles. The lowest BCUT2D eigenvalue weighted by Gasteiger charge is -2.63. The van der Waals surface area contributed by atoms with Gasteiger partial charge in [-0.3, -0.25) is 4.79 Å². The molecule has 4 saturated carbocycles. The largest absolute Gasteiger partial charge is 0.393 e. The molecule has 2 heteroatoms. The van der Waals surface area contributed by atoms with Gasteiger partial charge in [0.05, 0.1) is 6.10 Å². The predicted octanol–water partition coefficient (Wildman–Crippen LogP) is 7.28. The third kappa shape index (κ3) is 3.95. The van der Waals surface area contributed by atoms with Crippen LogP contribution >= 0.6 is 0 Å². The quantitative estimate of drug-likeness (QED) is 0.480. The standard InChI is InChI=1S/C29H50O2/c1-18(2)8-7-9-19(3)24-12-13-25-23-11-10-21-16-22(31)17-27(20(4)30)29(21,6)26(23)14-15-28(24,25)5/h18-19,21-27,31H,7-17H2,1-6H3/t19-,21-,22+,23-,24-,25+,26+,27?,28-,29+/m1/s1. The van der Waals surface area contributed by atoms with Crippen LogP contribution in [0.25, 0.3) is 0 Å². The summed E-state index contributed by atoms with van der Waals surface area (Å²) in [5.41, 5.74) is 0.637. The van der Waals surface area contributed by atoms with E-state index in [0.29, 0.717) is 29.5 Å². The predicted molar refractivity (Wildman–Crippen MR) is 129 cm³/mol. The fourth-order valence-electron chi connectivity index (χ4n) is 9.96. The van der Waals surface area contributed by atoms with Crippen LogP contribution in [-0.4, -0.2) is 17.0 Å². The average Bonchev–Trinajstić information content (AvgIpc) is 3.04. The minimum absolute atomic E-state index is 0.0746. The summed E-state index contributed by atoms with van der Waals surface area (Å²) in [6, 6.07) is 0. The van der Waals surface area contributed by atoms with Crippen LogP contribution in [0.2, 0.25) is 0 Å². The first kappa shape index (κ1) is 23.8. The molecule has 0 bridgehead atoms. The molecule has 0 spiro atoms. The van der Waals surface area contributed by atoms with Crippen molar-refractivity contribution in [2.45, 2.75) is 118 Å². The summed E-state index contributed by atoms with van der Waals surface area (Å²) in [5, 5.41) is 10.5. The van der Waals surface area contributed by atoms with E-state index in [0.717, 1.165) is 36.0 Å². The Balaban J connectivity index is 1.53. The molecule has 31 heavy (non-hydrogen) atoms. The average molecular weight is 431 g/mol. The summed E-state index contributed by atoms with van der Waals surface area (Å²) in [5.74, 6) is 5.90. The van der Waals surface area contributed by atoms with Gasteiger partial charge >= 0.3 is 0 Å². The molecule has 0 radical (unpaired) electrons. The highest BCUT2D eigenvalue weighted by Crippen LogP contribution is 2.69. The second-order valence-corrected chi connectivity index (χ2v) is 13.3. The molecule has 0 aliphatic heterocycles. The van der Waals surface area contributed by atoms with E-state index in [-0.39, 0.29) is 17.4 Å². The minimum Gasteiger partial charge on any atom is -0.393 e. The number of rotatable bonds is 6. The van der Waals surface area contributed by atoms with Crippen molar-refractivity contribution in [3.05, 3.63) is 0 Å². The van der Waals surface area contributed by atoms with Crippen LogP contribution in [-0.2, 0) is 4.79 Å². The first-order valence-electron chi connectivity index (χ1n) is 13.8. The van der Waals surface area contributed by atoms with E-state index in [1.54, 1.807) is 6.92 Å². The van der Waals surface area contributed by atoms with Gasteiger partial charge in [0.2, 0.25) is 0 Å². The topological polar surface area (TPSA) is 37.3 Å². The summed E-state index contributed by atoms with van der Waals surface area (Å²) in [7, 11) is 0. The zero-order valence-electron chi connectivity index (χ0n) is 21.3. The highest BCUT2D eigenvalue weighted by Gasteiger charge is 2.63. The molecule has 0 saturated heterocycles. The third-order valence-corrected chi connectivity index (χ3v) is 11.5. The van der Waals surface area contributed by atoms with Crippen LogP contribution in [0.4, 0.5) is 0 Å². The molecule has 4 aliphatic carbocycles. The van der Waals surface area contributed by atoms with Crippen molar-refractivity contribution in [2.24, 2.45) is 58.2 Å². The maximum atomic E-state index is 12.7. The molecule has 0 aromatic rings. The van der Waals surface area contributed by atoms with Gasteiger partial charge in [-0.2, -0.15) is 0 Å². The SMILES string of the molecule is CC(=O)C1C[C@@H](O)C[C@H]2CC[C@@H]3[C@@H]4CC[C@H]([C@H](C)CCCC(C)C)[C@@]4(C)CC[C@@H]3[C@@]12C. The molecular weight excluding hydrogens is 380 g/mol. The molecule has 4 fully saturated rings. The lowest BCUT2D eigenvalue weighted by molar-refractivity contribution is -0.167. The Morgan fingerprint density at radius 1 is 0.968 bits per heavy atom. The van der Waals surface area contributed by atoms with Crippen molar-refractivity contribution >= 4 is 5.78 Å². The summed E-state index contributed by atoms with van der Waals surface area (Å²) in [4.78, 5) is 12.7. The molecule has 2 nitrogen and oxygen atoms in total. The Morgan fingerprint density at radius 2 is 1.71 bits per heavy atom. The highest BCUT2D eigenvalue weighted by molar-refractivity contribution is 5.79. The van der Waals surface area contributed by atoms with Gasteiger partial charge in [-0.25, -0.2) is 0 Å². The Hall–Kier alpha value is -0.370. The zero-order chi connectivity index (χ0) is 22.6. The molecule has 1 N–H and O–H groups in total. The van der Waals surface area contributed by atoms with Crippen LogP contribution in [0.15, 0.2) is 0 Å². The van der Waals surface area contributed by atoms with Crippen molar-refractivity contribution in [1.82, 2.24) is 0 Å². The summed E-state index contributed by atoms with van der Waals surface area (Å²) >= 11 is 0. The molecular formula is C29H50O2. The normalized spacial score (nSPS) is 48.1. The third-order valence-electron chi connectivity index (χ3n) is 11.5. The lowest BCUT2D eigenvalue weighted by atomic mass is 9.42. The van der Waals surface area contributed by atoms with Crippen LogP contribution < -0.4 is 0 Å². The number of aliphatic hydroxyl groups is 1. The maximum absolute atomic E-state index is 12.7. The van der Waals surface area contributed by atoms with Crippen molar-refractivity contribution < 1.29 is 9.90 Å². The fourth-order valence-corrected chi connectivity index (χ4v) is 9.96. The Kier molecular flexibility index (Phi) is 6.73. The maximum Gasteiger partial charge on any atom is 0.133 e. The van der Waals surface area contributed by atoms with Gasteiger partial charge in [-0.1, -0.05) is 53.9 Å². The number of ketones is 1. The second-order valence-electron chi connectivity index (χ2n) is 13.3. The van der Waals surface area contributed by atoms with Crippen molar-refractivity contribution in [1.29, 1.82) is 0 Å². The second kappa shape index (κ2) is 8.77. The van der Waals surface area contributed by atoms with Gasteiger partial charge in [0.1, 0.15) is 5.78 Å². The van der Waals surface area contributed by atoms with E-state index >= 15 is 0 Å². The molecule has 4 rings (SSSR count). The smallest absolute Gasteiger partial charge is 0.133 e. The van der Waals surface area contributed by atoms with Gasteiger partial charge in [0.15, 0.2) is 0 Å². The molecule has 0 amide bonds. The highest BCUT2D eigenvalue weighted by atomic mass is 16.3. The Bertz CT molecular complexity index is 655. The van der Waals surface area contributed by atoms with E-state index in [4.69, 9.17) is 0 Å². The molecule has 10 atom stereocenters. The Labute approximate surface area is 192 Å². The minimum atomic E-state index is -0.264. The van der Waals surface area contributed by atoms with Crippen LogP contribution in [0.5, 0.6) is 0 Å². The number of hydrogen-bond donors (Lipinski definition) is 1. The summed E-state index contributed by atoms with van der Waals surface area (Å²) in [6.07, 6.45) is 13.7. The summed E-state index contributed by atoms with van der Waals surface area (Å²) < 4.78 is 0. The van der Waals surface area contributed by atoms with Crippen molar-refractivity contribution in [3.63, 3.8) is 0 Å². The number of carbonyl (C=O) groups excluding carboxylic acids is 1. The fraction of sp³-hybridized carbons (Fsp3) is 0.966. The number of aliphatic hydroxyl groups excluding tert-OH is 1. The van der Waals surface area contributed by atoms with Crippen LogP contribution in [0.3, 0.4) is 0 Å². The van der Waals surface area contributed by atoms with E-state index in [2.05, 4.69) is 34.6 Å². The van der Waals surface area contributed by atoms with Crippen LogP contribution in [0, 0.1) is 58.2 Å². The van der Waals surface area contributed by atoms with E-state index in [1.165, 1.54) is 57.8 Å². The number of carbonyl (C=O) groups is 1. The van der Waals surface area contributed by atoms with Gasteiger partial charge < -0.3 is 5.11 Å². The number of fused-ring (bicyclic) bond motifs is 5. The molecule has 0 aromatic carbocycles. The molecule has 4 aliphatic rings. The monoisotopic (exact) mass is 430 g/mol. The Morgan fingerprint density at radius 3 is 2.39 bits per heavy atom. The van der Waals surface area contributed by atoms with Gasteiger partial charge in [-0.05, 0) is 111 Å². The van der Waals surface area contributed by atoms with Gasteiger partial charge in [-0.15, -0.1) is 0 Å². The first-order valence-corrected chi connectivity index (χ1v) is 13.8. The lowest BCUT2D eigenvalue weighted by Crippen LogP contribution is -2.58. The molecule has 178 valence electrons. The van der Waals surface area contributed by atoms with E-state index in [1.807, 2.05) is 0 Å². The first-order chi connectivity index (χ1) is 14.6. The van der Waals surface area contributed by atoms with Crippen LogP contribution in [0.1, 0.15) is 112 Å². The van der Waals surface area contributed by atoms with Gasteiger partial charge in [0.25, 0.3) is 0 Å². The van der Waals surface area contributed by atoms with Gasteiger partial charge in [0, 0.05) is 5.92 Å². The number of Topliss-reactive ketones (excluding diaryl/α,β-unsaturated/α-hetero) is 1. The molecule has 0 aromatic heterocycles. The van der Waals surface area contributed by atoms with Crippen molar-refractivity contribution in [2.75, 3.05) is 0 Å². The van der Waals surface area contributed by atoms with E-state index in [9.17, 15) is 9.90 Å². The molecule has 1 unspecified atom stereocenters. The van der Waals surface area contributed by atoms with E-state index < -0.39 is 0 Å². The summed E-state index contributed by atoms with van der Waals surface area (Å²) in [6.45, 7) is 14.2. The zero-order valence-corrected chi connectivity index (χ0v) is 21.3. The number of hydrogen-bond acceptors (Lipinski definition) is 2. The van der Waals surface area contributed by atoms with Crippen molar-refractivity contribution in [3.8, 4) is 0 Å².